The molecule has 0 aromatic heterocycles. The fourth-order valence-corrected chi connectivity index (χ4v) is 1.83. The molecule has 0 fully saturated rings. The van der Waals surface area contributed by atoms with Gasteiger partial charge in [-0.25, -0.2) is 0 Å². The van der Waals surface area contributed by atoms with Crippen LogP contribution in [0, 0.1) is 12.8 Å². The zero-order chi connectivity index (χ0) is 10.7. The number of hydrogen-bond donors (Lipinski definition) is 2. The third kappa shape index (κ3) is 2.35. The fourth-order valence-electron chi connectivity index (χ4n) is 1.33. The zero-order valence-corrected chi connectivity index (χ0v) is 10.1. The second kappa shape index (κ2) is 4.91. The van der Waals surface area contributed by atoms with Crippen LogP contribution in [0.1, 0.15) is 24.2 Å². The van der Waals surface area contributed by atoms with Crippen LogP contribution in [0.2, 0.25) is 0 Å². The Kier molecular flexibility index (Phi) is 4.11. The van der Waals surface area contributed by atoms with Crippen LogP contribution >= 0.6 is 15.9 Å². The van der Waals surface area contributed by atoms with E-state index in [0.717, 1.165) is 15.6 Å². The highest BCUT2D eigenvalue weighted by molar-refractivity contribution is 9.10. The van der Waals surface area contributed by atoms with Crippen LogP contribution in [0.25, 0.3) is 0 Å². The lowest BCUT2D eigenvalue weighted by Crippen LogP contribution is -2.19. The van der Waals surface area contributed by atoms with Crippen molar-refractivity contribution in [1.82, 2.24) is 0 Å². The summed E-state index contributed by atoms with van der Waals surface area (Å²) in [5.41, 5.74) is 7.57. The molecule has 0 saturated carbocycles. The van der Waals surface area contributed by atoms with E-state index in [1.807, 2.05) is 32.0 Å². The zero-order valence-electron chi connectivity index (χ0n) is 8.50. The largest absolute Gasteiger partial charge is 0.388 e. The van der Waals surface area contributed by atoms with Crippen LogP contribution < -0.4 is 5.73 Å². The quantitative estimate of drug-likeness (QED) is 0.874. The van der Waals surface area contributed by atoms with Crippen molar-refractivity contribution in [3.8, 4) is 0 Å². The normalized spacial score (nSPS) is 15.2. The first-order chi connectivity index (χ1) is 6.57. The number of halogens is 1. The second-order valence-corrected chi connectivity index (χ2v) is 4.43. The average molecular weight is 258 g/mol. The molecule has 0 amide bonds. The molecule has 3 heteroatoms. The third-order valence-electron chi connectivity index (χ3n) is 2.45. The molecule has 2 nitrogen and oxygen atoms in total. The average Bonchev–Trinajstić information content (AvgIpc) is 2.20. The maximum absolute atomic E-state index is 9.98. The van der Waals surface area contributed by atoms with E-state index < -0.39 is 6.10 Å². The highest BCUT2D eigenvalue weighted by atomic mass is 79.9. The number of nitrogens with two attached hydrogens (primary N) is 1. The van der Waals surface area contributed by atoms with Gasteiger partial charge in [-0.3, -0.25) is 0 Å². The summed E-state index contributed by atoms with van der Waals surface area (Å²) >= 11 is 3.48. The summed E-state index contributed by atoms with van der Waals surface area (Å²) in [5, 5.41) is 9.98. The van der Waals surface area contributed by atoms with Crippen molar-refractivity contribution >= 4 is 15.9 Å². The van der Waals surface area contributed by atoms with Gasteiger partial charge in [0.2, 0.25) is 0 Å². The molecule has 2 atom stereocenters. The lowest BCUT2D eigenvalue weighted by molar-refractivity contribution is 0.121. The van der Waals surface area contributed by atoms with Gasteiger partial charge in [0.15, 0.2) is 0 Å². The number of aryl methyl sites for hydroxylation is 1. The Bertz CT molecular complexity index is 314. The molecule has 78 valence electrons. The van der Waals surface area contributed by atoms with E-state index in [0.29, 0.717) is 6.54 Å². The van der Waals surface area contributed by atoms with Crippen LogP contribution in [0.15, 0.2) is 22.7 Å². The Hall–Kier alpha value is -0.380. The number of aliphatic hydroxyl groups is 1. The summed E-state index contributed by atoms with van der Waals surface area (Å²) in [6.07, 6.45) is -0.491. The minimum absolute atomic E-state index is 0.0769. The Morgan fingerprint density at radius 1 is 1.50 bits per heavy atom. The molecular weight excluding hydrogens is 242 g/mol. The number of rotatable bonds is 3. The molecule has 1 aromatic rings. The van der Waals surface area contributed by atoms with Crippen molar-refractivity contribution in [3.63, 3.8) is 0 Å². The molecule has 0 radical (unpaired) electrons. The van der Waals surface area contributed by atoms with Gasteiger partial charge < -0.3 is 10.8 Å². The van der Waals surface area contributed by atoms with Gasteiger partial charge in [-0.15, -0.1) is 0 Å². The Labute approximate surface area is 93.3 Å². The first-order valence-electron chi connectivity index (χ1n) is 4.71. The smallest absolute Gasteiger partial charge is 0.0838 e. The lowest BCUT2D eigenvalue weighted by atomic mass is 9.96. The topological polar surface area (TPSA) is 46.2 Å². The van der Waals surface area contributed by atoms with Crippen LogP contribution in [0.3, 0.4) is 0 Å². The maximum atomic E-state index is 9.98. The summed E-state index contributed by atoms with van der Waals surface area (Å²) in [5.74, 6) is 0.0769. The molecule has 2 unspecified atom stereocenters. The molecule has 14 heavy (non-hydrogen) atoms. The summed E-state index contributed by atoms with van der Waals surface area (Å²) in [6.45, 7) is 4.44. The van der Waals surface area contributed by atoms with E-state index in [4.69, 9.17) is 5.73 Å². The van der Waals surface area contributed by atoms with E-state index in [1.54, 1.807) is 0 Å². The highest BCUT2D eigenvalue weighted by Gasteiger charge is 2.17. The molecule has 1 rings (SSSR count). The molecule has 0 aliphatic rings. The van der Waals surface area contributed by atoms with E-state index in [-0.39, 0.29) is 5.92 Å². The van der Waals surface area contributed by atoms with Crippen LogP contribution in [-0.4, -0.2) is 11.7 Å². The van der Waals surface area contributed by atoms with Crippen LogP contribution in [-0.2, 0) is 0 Å². The molecular formula is C11H16BrNO. The maximum Gasteiger partial charge on any atom is 0.0838 e. The number of benzene rings is 1. The molecule has 0 bridgehead atoms. The Morgan fingerprint density at radius 2 is 2.14 bits per heavy atom. The summed E-state index contributed by atoms with van der Waals surface area (Å²) < 4.78 is 0.979. The molecule has 0 saturated heterocycles. The Morgan fingerprint density at radius 3 is 2.71 bits per heavy atom. The number of aliphatic hydroxyl groups excluding tert-OH is 1. The van der Waals surface area contributed by atoms with Gasteiger partial charge >= 0.3 is 0 Å². The number of hydrogen-bond acceptors (Lipinski definition) is 2. The van der Waals surface area contributed by atoms with Gasteiger partial charge in [0.1, 0.15) is 0 Å². The van der Waals surface area contributed by atoms with Crippen LogP contribution in [0.4, 0.5) is 0 Å². The van der Waals surface area contributed by atoms with E-state index in [9.17, 15) is 5.11 Å². The van der Waals surface area contributed by atoms with Gasteiger partial charge in [-0.2, -0.15) is 0 Å². The van der Waals surface area contributed by atoms with Crippen molar-refractivity contribution in [1.29, 1.82) is 0 Å². The van der Waals surface area contributed by atoms with Crippen LogP contribution in [0.5, 0.6) is 0 Å². The van der Waals surface area contributed by atoms with E-state index >= 15 is 0 Å². The predicted octanol–water partition coefficient (Wildman–Crippen LogP) is 2.39. The molecule has 0 heterocycles. The Balaban J connectivity index is 3.01. The standard InChI is InChI=1S/C11H16BrNO/c1-7-4-3-5-9(10(7)12)11(14)8(2)6-13/h3-5,8,11,14H,6,13H2,1-2H3. The first-order valence-corrected chi connectivity index (χ1v) is 5.50. The fraction of sp³-hybridized carbons (Fsp3) is 0.455. The molecule has 1 aromatic carbocycles. The first kappa shape index (κ1) is 11.7. The van der Waals surface area contributed by atoms with Gasteiger partial charge in [0, 0.05) is 4.47 Å². The lowest BCUT2D eigenvalue weighted by Gasteiger charge is -2.19. The molecule has 3 N–H and O–H groups in total. The minimum Gasteiger partial charge on any atom is -0.388 e. The van der Waals surface area contributed by atoms with Crippen molar-refractivity contribution in [2.75, 3.05) is 6.54 Å². The van der Waals surface area contributed by atoms with Gasteiger partial charge in [-0.1, -0.05) is 41.1 Å². The molecule has 0 aliphatic carbocycles. The predicted molar refractivity (Wildman–Crippen MR) is 62.1 cm³/mol. The van der Waals surface area contributed by atoms with E-state index in [2.05, 4.69) is 15.9 Å². The van der Waals surface area contributed by atoms with Crippen molar-refractivity contribution in [2.45, 2.75) is 20.0 Å². The summed E-state index contributed by atoms with van der Waals surface area (Å²) in [7, 11) is 0. The highest BCUT2D eigenvalue weighted by Crippen LogP contribution is 2.30. The van der Waals surface area contributed by atoms with Crippen molar-refractivity contribution in [2.24, 2.45) is 11.7 Å². The second-order valence-electron chi connectivity index (χ2n) is 3.64. The van der Waals surface area contributed by atoms with Gasteiger partial charge in [-0.05, 0) is 30.5 Å². The van der Waals surface area contributed by atoms with Crippen molar-refractivity contribution in [3.05, 3.63) is 33.8 Å². The van der Waals surface area contributed by atoms with Crippen molar-refractivity contribution < 1.29 is 5.11 Å². The molecule has 0 aliphatic heterocycles. The van der Waals surface area contributed by atoms with E-state index in [1.165, 1.54) is 0 Å². The van der Waals surface area contributed by atoms with Gasteiger partial charge in [0.25, 0.3) is 0 Å². The monoisotopic (exact) mass is 257 g/mol. The minimum atomic E-state index is -0.491. The van der Waals surface area contributed by atoms with Gasteiger partial charge in [0.05, 0.1) is 6.10 Å². The third-order valence-corrected chi connectivity index (χ3v) is 3.53. The SMILES string of the molecule is Cc1cccc(C(O)C(C)CN)c1Br. The molecule has 0 spiro atoms. The summed E-state index contributed by atoms with van der Waals surface area (Å²) in [6, 6.07) is 5.88. The summed E-state index contributed by atoms with van der Waals surface area (Å²) in [4.78, 5) is 0.